The fraction of sp³-hybridized carbons (Fsp3) is 0.442. The molecule has 22 heteroatoms. The number of esters is 1. The van der Waals surface area contributed by atoms with Gasteiger partial charge < -0.3 is 98.5 Å². The molecule has 65 heavy (non-hydrogen) atoms. The van der Waals surface area contributed by atoms with E-state index in [4.69, 9.17) is 42.3 Å². The highest BCUT2D eigenvalue weighted by atomic mass is 16.7. The third-order valence-electron chi connectivity index (χ3n) is 11.1. The number of fused-ring (bicyclic) bond motifs is 1. The molecule has 0 amide bonds. The molecule has 0 aliphatic carbocycles. The minimum atomic E-state index is -2.05. The Morgan fingerprint density at radius 3 is 2.03 bits per heavy atom. The lowest BCUT2D eigenvalue weighted by Gasteiger charge is -2.46. The van der Waals surface area contributed by atoms with E-state index >= 15 is 0 Å². The number of carbonyl (C=O) groups excluding carboxylic acids is 1. The summed E-state index contributed by atoms with van der Waals surface area (Å²) in [6.07, 6.45) is -22.9. The van der Waals surface area contributed by atoms with Gasteiger partial charge in [0, 0.05) is 23.8 Å². The van der Waals surface area contributed by atoms with Crippen molar-refractivity contribution in [2.75, 3.05) is 13.7 Å². The van der Waals surface area contributed by atoms with Crippen LogP contribution in [0.2, 0.25) is 0 Å². The molecular formula is C43H48O22. The van der Waals surface area contributed by atoms with Gasteiger partial charge in [0.25, 0.3) is 0 Å². The zero-order valence-electron chi connectivity index (χ0n) is 34.6. The maximum absolute atomic E-state index is 14.0. The Kier molecular flexibility index (Phi) is 14.2. The van der Waals surface area contributed by atoms with Gasteiger partial charge in [-0.1, -0.05) is 12.1 Å². The second kappa shape index (κ2) is 19.5. The van der Waals surface area contributed by atoms with Crippen molar-refractivity contribution in [1.82, 2.24) is 0 Å². The molecule has 7 rings (SSSR count). The number of benzene rings is 3. The Morgan fingerprint density at radius 1 is 0.692 bits per heavy atom. The minimum absolute atomic E-state index is 0.00960. The molecule has 0 spiro atoms. The molecule has 11 N–H and O–H groups in total. The molecule has 3 aromatic carbocycles. The molecule has 0 bridgehead atoms. The maximum atomic E-state index is 14.0. The average molecular weight is 917 g/mol. The molecule has 22 nitrogen and oxygen atoms in total. The van der Waals surface area contributed by atoms with Crippen molar-refractivity contribution >= 4 is 23.0 Å². The van der Waals surface area contributed by atoms with Gasteiger partial charge in [0.1, 0.15) is 83.2 Å². The van der Waals surface area contributed by atoms with Crippen LogP contribution < -0.4 is 14.9 Å². The van der Waals surface area contributed by atoms with Crippen molar-refractivity contribution in [3.05, 3.63) is 76.5 Å². The number of carbonyl (C=O) groups is 1. The fourth-order valence-electron chi connectivity index (χ4n) is 7.42. The van der Waals surface area contributed by atoms with Gasteiger partial charge in [-0.15, -0.1) is 0 Å². The summed E-state index contributed by atoms with van der Waals surface area (Å²) < 4.78 is 51.0. The van der Waals surface area contributed by atoms with Gasteiger partial charge in [-0.05, 0) is 55.8 Å². The van der Waals surface area contributed by atoms with Crippen LogP contribution in [0.4, 0.5) is 0 Å². The summed E-state index contributed by atoms with van der Waals surface area (Å²) in [4.78, 5) is 26.7. The van der Waals surface area contributed by atoms with Crippen LogP contribution in [0.3, 0.4) is 0 Å². The van der Waals surface area contributed by atoms with Crippen molar-refractivity contribution in [3.8, 4) is 45.8 Å². The summed E-state index contributed by atoms with van der Waals surface area (Å²) in [6.45, 7) is 2.06. The van der Waals surface area contributed by atoms with Crippen LogP contribution in [0, 0.1) is 0 Å². The number of hydrogen-bond acceptors (Lipinski definition) is 22. The van der Waals surface area contributed by atoms with Crippen LogP contribution in [0.5, 0.6) is 34.5 Å². The molecule has 352 valence electrons. The number of aliphatic hydroxyl groups excluding tert-OH is 7. The van der Waals surface area contributed by atoms with E-state index in [2.05, 4.69) is 0 Å². The minimum Gasteiger partial charge on any atom is -0.508 e. The number of hydrogen-bond donors (Lipinski definition) is 11. The molecule has 1 aromatic heterocycles. The molecule has 3 fully saturated rings. The lowest BCUT2D eigenvalue weighted by molar-refractivity contribution is -0.359. The summed E-state index contributed by atoms with van der Waals surface area (Å²) in [5, 5.41) is 117. The van der Waals surface area contributed by atoms with Gasteiger partial charge in [0.05, 0.1) is 25.9 Å². The quantitative estimate of drug-likeness (QED) is 0.0482. The molecule has 4 heterocycles. The number of phenolic OH excluding ortho intramolecular Hbond substituents is 4. The van der Waals surface area contributed by atoms with Gasteiger partial charge in [0.2, 0.25) is 17.5 Å². The summed E-state index contributed by atoms with van der Waals surface area (Å²) in [5.74, 6) is -3.67. The van der Waals surface area contributed by atoms with E-state index in [0.717, 1.165) is 24.3 Å². The molecule has 3 aliphatic heterocycles. The van der Waals surface area contributed by atoms with Crippen molar-refractivity contribution in [1.29, 1.82) is 0 Å². The van der Waals surface area contributed by atoms with Crippen molar-refractivity contribution in [2.24, 2.45) is 0 Å². The topological polar surface area (TPSA) is 344 Å². The van der Waals surface area contributed by atoms with Gasteiger partial charge in [0.15, 0.2) is 35.9 Å². The number of phenols is 4. The van der Waals surface area contributed by atoms with E-state index in [0.29, 0.717) is 5.56 Å². The van der Waals surface area contributed by atoms with E-state index in [-0.39, 0.29) is 22.6 Å². The SMILES string of the molecule is COc1cc(O)c2c(=O)c(O[C@@H]3O[C@H](CO[C@@H]4O[C@@H](C)[C@H](O)[C@@H](O[C@@H]5O[C@@H](C)[C@H](O)[C@@H](OC(=O)/C=C/c6ccc(O)cc6)[C@H]5O)[C@H]4O)[C@H](O)[C@H](O)[C@H]3O)c(-c3ccc(O)c(O)c3)oc2c1. The normalized spacial score (nSPS) is 32.9. The van der Waals surface area contributed by atoms with Crippen molar-refractivity contribution in [2.45, 2.75) is 106 Å². The first kappa shape index (κ1) is 47.4. The molecule has 4 aromatic rings. The molecule has 15 atom stereocenters. The number of aromatic hydroxyl groups is 4. The summed E-state index contributed by atoms with van der Waals surface area (Å²) in [7, 11) is 1.30. The van der Waals surface area contributed by atoms with E-state index in [1.807, 2.05) is 0 Å². The van der Waals surface area contributed by atoms with Crippen LogP contribution in [0.1, 0.15) is 19.4 Å². The first-order valence-electron chi connectivity index (χ1n) is 20.1. The van der Waals surface area contributed by atoms with Crippen molar-refractivity contribution in [3.63, 3.8) is 0 Å². The van der Waals surface area contributed by atoms with Crippen molar-refractivity contribution < 1.29 is 103 Å². The Morgan fingerprint density at radius 2 is 1.35 bits per heavy atom. The van der Waals surface area contributed by atoms with Crippen LogP contribution in [-0.4, -0.2) is 168 Å². The Labute approximate surface area is 367 Å². The van der Waals surface area contributed by atoms with Gasteiger partial charge in [-0.3, -0.25) is 4.79 Å². The van der Waals surface area contributed by atoms with E-state index in [1.54, 1.807) is 0 Å². The summed E-state index contributed by atoms with van der Waals surface area (Å²) in [5.41, 5.74) is -0.717. The average Bonchev–Trinajstić information content (AvgIpc) is 3.28. The Hall–Kier alpha value is -5.60. The lowest BCUT2D eigenvalue weighted by atomic mass is 9.97. The number of ether oxygens (including phenoxy) is 8. The highest BCUT2D eigenvalue weighted by Crippen LogP contribution is 2.40. The monoisotopic (exact) mass is 916 g/mol. The van der Waals surface area contributed by atoms with E-state index in [1.165, 1.54) is 63.4 Å². The van der Waals surface area contributed by atoms with Crippen LogP contribution in [0.15, 0.2) is 69.9 Å². The third kappa shape index (κ3) is 9.84. The van der Waals surface area contributed by atoms with Crippen LogP contribution in [-0.2, 0) is 33.2 Å². The molecule has 0 unspecified atom stereocenters. The largest absolute Gasteiger partial charge is 0.508 e. The number of methoxy groups -OCH3 is 1. The highest BCUT2D eigenvalue weighted by molar-refractivity contribution is 5.89. The predicted molar refractivity (Wildman–Crippen MR) is 217 cm³/mol. The van der Waals surface area contributed by atoms with Crippen LogP contribution in [0.25, 0.3) is 28.4 Å². The second-order valence-electron chi connectivity index (χ2n) is 15.6. The second-order valence-corrected chi connectivity index (χ2v) is 15.6. The predicted octanol–water partition coefficient (Wildman–Crippen LogP) is -0.562. The highest BCUT2D eigenvalue weighted by Gasteiger charge is 2.52. The number of rotatable bonds is 12. The zero-order chi connectivity index (χ0) is 47.0. The first-order valence-corrected chi connectivity index (χ1v) is 20.1. The van der Waals surface area contributed by atoms with Gasteiger partial charge in [-0.2, -0.15) is 0 Å². The molecule has 0 saturated carbocycles. The third-order valence-corrected chi connectivity index (χ3v) is 11.1. The summed E-state index contributed by atoms with van der Waals surface area (Å²) >= 11 is 0. The molecular weight excluding hydrogens is 868 g/mol. The number of aliphatic hydroxyl groups is 7. The molecule has 0 radical (unpaired) electrons. The van der Waals surface area contributed by atoms with Gasteiger partial charge >= 0.3 is 5.97 Å². The van der Waals surface area contributed by atoms with E-state index in [9.17, 15) is 65.8 Å². The zero-order valence-corrected chi connectivity index (χ0v) is 34.6. The standard InChI is InChI=1S/C43H48O22/c1-16-30(50)39(64-43-36(56)38(29(49)17(2)60-43)63-27(48)11-6-18-4-8-20(44)9-5-18)35(55)41(59-16)58-15-26-31(51)33(53)34(54)42(62-26)65-40-32(52)28-24(47)13-21(57-3)14-25(28)61-37(40)19-7-10-22(45)23(46)12-19/h4-14,16-17,26,29-31,33-36,38-39,41-47,49-51,53-56H,15H2,1-3H3/b11-6+/t16-,17-,26+,29-,30-,31-,33-,34+,35+,36+,38+,39+,41+,42-,43-/m0/s1. The lowest BCUT2D eigenvalue weighted by Crippen LogP contribution is -2.64. The first-order chi connectivity index (χ1) is 30.9. The maximum Gasteiger partial charge on any atom is 0.331 e. The summed E-state index contributed by atoms with van der Waals surface area (Å²) in [6, 6.07) is 11.6. The molecule has 3 saturated heterocycles. The smallest absolute Gasteiger partial charge is 0.331 e. The fourth-order valence-corrected chi connectivity index (χ4v) is 7.42. The van der Waals surface area contributed by atoms with Crippen LogP contribution >= 0.6 is 0 Å². The Bertz CT molecular complexity index is 2400. The van der Waals surface area contributed by atoms with Gasteiger partial charge in [-0.25, -0.2) is 4.79 Å². The van der Waals surface area contributed by atoms with E-state index < -0.39 is 144 Å². The molecule has 3 aliphatic rings. The Balaban J connectivity index is 1.06.